The molecule has 0 aliphatic heterocycles. The second-order valence-corrected chi connectivity index (χ2v) is 5.61. The van der Waals surface area contributed by atoms with Crippen molar-refractivity contribution in [3.8, 4) is 0 Å². The van der Waals surface area contributed by atoms with Gasteiger partial charge in [0.25, 0.3) is 5.91 Å². The van der Waals surface area contributed by atoms with Crippen LogP contribution < -0.4 is 5.73 Å². The van der Waals surface area contributed by atoms with Gasteiger partial charge in [0, 0.05) is 23.3 Å². The Balaban J connectivity index is 3.02. The minimum atomic E-state index is -0.0344. The number of nitrogens with zero attached hydrogens (tertiary/aromatic N) is 1. The molecule has 1 aromatic carbocycles. The number of hydrogen-bond donors (Lipinski definition) is 1. The molecule has 0 aromatic heterocycles. The van der Waals surface area contributed by atoms with E-state index < -0.39 is 0 Å². The lowest BCUT2D eigenvalue weighted by Crippen LogP contribution is -2.39. The number of carbonyl (C=O) groups is 1. The first-order valence-corrected chi connectivity index (χ1v) is 6.56. The summed E-state index contributed by atoms with van der Waals surface area (Å²) in [6.07, 6.45) is 0. The van der Waals surface area contributed by atoms with Crippen LogP contribution in [0, 0.1) is 5.92 Å². The Morgan fingerprint density at radius 3 is 2.39 bits per heavy atom. The van der Waals surface area contributed by atoms with Gasteiger partial charge in [-0.2, -0.15) is 0 Å². The van der Waals surface area contributed by atoms with Gasteiger partial charge in [-0.05, 0) is 38.0 Å². The van der Waals surface area contributed by atoms with E-state index in [1.807, 2.05) is 18.7 Å². The van der Waals surface area contributed by atoms with Gasteiger partial charge in [0.1, 0.15) is 0 Å². The molecule has 0 aliphatic carbocycles. The van der Waals surface area contributed by atoms with E-state index >= 15 is 0 Å². The number of halogens is 1. The maximum Gasteiger partial charge on any atom is 0.256 e. The third-order valence-electron chi connectivity index (χ3n) is 2.69. The molecular weight excluding hydrogens is 248 g/mol. The van der Waals surface area contributed by atoms with Gasteiger partial charge in [0.05, 0.1) is 5.56 Å². The van der Waals surface area contributed by atoms with Crippen LogP contribution in [-0.2, 0) is 0 Å². The van der Waals surface area contributed by atoms with Gasteiger partial charge in [0.2, 0.25) is 0 Å². The van der Waals surface area contributed by atoms with Gasteiger partial charge < -0.3 is 10.6 Å². The van der Waals surface area contributed by atoms with Crippen molar-refractivity contribution in [2.45, 2.75) is 33.7 Å². The summed E-state index contributed by atoms with van der Waals surface area (Å²) in [5.74, 6) is 0.387. The zero-order valence-electron chi connectivity index (χ0n) is 11.4. The highest BCUT2D eigenvalue weighted by Crippen LogP contribution is 2.21. The van der Waals surface area contributed by atoms with E-state index in [4.69, 9.17) is 17.3 Å². The van der Waals surface area contributed by atoms with Crippen LogP contribution >= 0.6 is 11.6 Å². The van der Waals surface area contributed by atoms with Crippen molar-refractivity contribution in [3.63, 3.8) is 0 Å². The number of carbonyl (C=O) groups excluding carboxylic acids is 1. The maximum absolute atomic E-state index is 12.5. The topological polar surface area (TPSA) is 46.3 Å². The van der Waals surface area contributed by atoms with Crippen molar-refractivity contribution in [3.05, 3.63) is 28.8 Å². The highest BCUT2D eigenvalue weighted by Gasteiger charge is 2.21. The number of anilines is 1. The zero-order chi connectivity index (χ0) is 13.9. The molecule has 0 radical (unpaired) electrons. The SMILES string of the molecule is CC(C)CN(C(=O)c1ccc(Cl)cc1N)C(C)C. The summed E-state index contributed by atoms with van der Waals surface area (Å²) in [6, 6.07) is 5.15. The predicted octanol–water partition coefficient (Wildman–Crippen LogP) is 3.43. The van der Waals surface area contributed by atoms with Crippen molar-refractivity contribution >= 4 is 23.2 Å². The summed E-state index contributed by atoms with van der Waals surface area (Å²) < 4.78 is 0. The molecule has 0 heterocycles. The first kappa shape index (κ1) is 14.8. The first-order chi connectivity index (χ1) is 8.32. The normalized spacial score (nSPS) is 11.1. The van der Waals surface area contributed by atoms with E-state index in [1.165, 1.54) is 0 Å². The van der Waals surface area contributed by atoms with Crippen LogP contribution in [0.2, 0.25) is 5.02 Å². The smallest absolute Gasteiger partial charge is 0.256 e. The van der Waals surface area contributed by atoms with Crippen molar-refractivity contribution < 1.29 is 4.79 Å². The molecule has 0 saturated heterocycles. The Labute approximate surface area is 114 Å². The number of benzene rings is 1. The Morgan fingerprint density at radius 2 is 1.94 bits per heavy atom. The van der Waals surface area contributed by atoms with E-state index in [2.05, 4.69) is 13.8 Å². The van der Waals surface area contributed by atoms with Crippen LogP contribution in [0.25, 0.3) is 0 Å². The molecule has 0 spiro atoms. The first-order valence-electron chi connectivity index (χ1n) is 6.19. The third kappa shape index (κ3) is 3.64. The fourth-order valence-corrected chi connectivity index (χ4v) is 1.99. The molecule has 0 fully saturated rings. The Bertz CT molecular complexity index is 430. The van der Waals surface area contributed by atoms with Crippen LogP contribution in [0.4, 0.5) is 5.69 Å². The summed E-state index contributed by atoms with van der Waals surface area (Å²) in [5.41, 5.74) is 6.81. The lowest BCUT2D eigenvalue weighted by atomic mass is 10.1. The minimum Gasteiger partial charge on any atom is -0.398 e. The molecule has 0 aliphatic rings. The summed E-state index contributed by atoms with van der Waals surface area (Å²) in [6.45, 7) is 8.92. The monoisotopic (exact) mass is 268 g/mol. The summed E-state index contributed by atoms with van der Waals surface area (Å²) in [7, 11) is 0. The fourth-order valence-electron chi connectivity index (χ4n) is 1.80. The molecule has 3 nitrogen and oxygen atoms in total. The molecule has 1 aromatic rings. The van der Waals surface area contributed by atoms with Gasteiger partial charge >= 0.3 is 0 Å². The Kier molecular flexibility index (Phi) is 5.03. The maximum atomic E-state index is 12.5. The molecule has 2 N–H and O–H groups in total. The van der Waals surface area contributed by atoms with E-state index in [-0.39, 0.29) is 11.9 Å². The Morgan fingerprint density at radius 1 is 1.33 bits per heavy atom. The molecule has 0 saturated carbocycles. The largest absolute Gasteiger partial charge is 0.398 e. The number of rotatable bonds is 4. The number of amides is 1. The molecule has 1 rings (SSSR count). The lowest BCUT2D eigenvalue weighted by Gasteiger charge is -2.29. The fraction of sp³-hybridized carbons (Fsp3) is 0.500. The number of nitrogen functional groups attached to an aromatic ring is 1. The average Bonchev–Trinajstić information content (AvgIpc) is 2.24. The molecular formula is C14H21ClN2O. The van der Waals surface area contributed by atoms with E-state index in [1.54, 1.807) is 18.2 Å². The highest BCUT2D eigenvalue weighted by atomic mass is 35.5. The van der Waals surface area contributed by atoms with Gasteiger partial charge in [-0.25, -0.2) is 0 Å². The standard InChI is InChI=1S/C14H21ClN2O/c1-9(2)8-17(10(3)4)14(18)12-6-5-11(15)7-13(12)16/h5-7,9-10H,8,16H2,1-4H3. The van der Waals surface area contributed by atoms with Gasteiger partial charge in [-0.1, -0.05) is 25.4 Å². The summed E-state index contributed by atoms with van der Waals surface area (Å²) in [4.78, 5) is 14.3. The Hall–Kier alpha value is -1.22. The lowest BCUT2D eigenvalue weighted by molar-refractivity contribution is 0.0683. The molecule has 0 unspecified atom stereocenters. The van der Waals surface area contributed by atoms with E-state index in [0.29, 0.717) is 22.2 Å². The predicted molar refractivity (Wildman–Crippen MR) is 76.9 cm³/mol. The summed E-state index contributed by atoms with van der Waals surface area (Å²) in [5, 5.41) is 0.545. The van der Waals surface area contributed by atoms with E-state index in [9.17, 15) is 4.79 Å². The van der Waals surface area contributed by atoms with Gasteiger partial charge in [-0.3, -0.25) is 4.79 Å². The van der Waals surface area contributed by atoms with Crippen LogP contribution in [0.1, 0.15) is 38.1 Å². The minimum absolute atomic E-state index is 0.0344. The zero-order valence-corrected chi connectivity index (χ0v) is 12.2. The van der Waals surface area contributed by atoms with Crippen LogP contribution in [0.5, 0.6) is 0 Å². The molecule has 0 bridgehead atoms. The van der Waals surface area contributed by atoms with Crippen LogP contribution in [0.3, 0.4) is 0 Å². The molecule has 1 amide bonds. The third-order valence-corrected chi connectivity index (χ3v) is 2.93. The number of nitrogens with two attached hydrogens (primary N) is 1. The number of hydrogen-bond acceptors (Lipinski definition) is 2. The van der Waals surface area contributed by atoms with Gasteiger partial charge in [-0.15, -0.1) is 0 Å². The van der Waals surface area contributed by atoms with Crippen LogP contribution in [0.15, 0.2) is 18.2 Å². The van der Waals surface area contributed by atoms with E-state index in [0.717, 1.165) is 6.54 Å². The van der Waals surface area contributed by atoms with Crippen molar-refractivity contribution in [2.24, 2.45) is 5.92 Å². The molecule has 0 atom stereocenters. The highest BCUT2D eigenvalue weighted by molar-refractivity contribution is 6.31. The van der Waals surface area contributed by atoms with Crippen molar-refractivity contribution in [1.29, 1.82) is 0 Å². The van der Waals surface area contributed by atoms with Crippen molar-refractivity contribution in [1.82, 2.24) is 4.90 Å². The molecule has 4 heteroatoms. The second kappa shape index (κ2) is 6.10. The van der Waals surface area contributed by atoms with Crippen molar-refractivity contribution in [2.75, 3.05) is 12.3 Å². The van der Waals surface area contributed by atoms with Crippen LogP contribution in [-0.4, -0.2) is 23.4 Å². The molecule has 18 heavy (non-hydrogen) atoms. The quantitative estimate of drug-likeness (QED) is 0.851. The molecule has 100 valence electrons. The van der Waals surface area contributed by atoms with Gasteiger partial charge in [0.15, 0.2) is 0 Å². The average molecular weight is 269 g/mol. The second-order valence-electron chi connectivity index (χ2n) is 5.18. The summed E-state index contributed by atoms with van der Waals surface area (Å²) >= 11 is 5.84.